The minimum atomic E-state index is 0.128. The molecule has 0 bridgehead atoms. The molecule has 1 N–H and O–H groups in total. The van der Waals surface area contributed by atoms with E-state index in [0.29, 0.717) is 5.91 Å². The molecule has 1 amide bonds. The lowest BCUT2D eigenvalue weighted by molar-refractivity contribution is -0.132. The van der Waals surface area contributed by atoms with E-state index in [4.69, 9.17) is 0 Å². The van der Waals surface area contributed by atoms with Gasteiger partial charge in [0.15, 0.2) is 0 Å². The van der Waals surface area contributed by atoms with Gasteiger partial charge in [0, 0.05) is 24.6 Å². The summed E-state index contributed by atoms with van der Waals surface area (Å²) in [5, 5.41) is 3.26. The van der Waals surface area contributed by atoms with Crippen molar-refractivity contribution in [1.29, 1.82) is 0 Å². The topological polar surface area (TPSA) is 32.3 Å². The normalized spacial score (nSPS) is 29.2. The molecule has 2 rings (SSSR count). The molecule has 1 atom stereocenters. The van der Waals surface area contributed by atoms with Gasteiger partial charge in [0.25, 0.3) is 0 Å². The maximum atomic E-state index is 11.9. The van der Waals surface area contributed by atoms with E-state index in [1.54, 1.807) is 0 Å². The molecule has 74 valence electrons. The maximum absolute atomic E-state index is 11.9. The first kappa shape index (κ1) is 9.34. The van der Waals surface area contributed by atoms with Gasteiger partial charge in [0.2, 0.25) is 5.91 Å². The van der Waals surface area contributed by atoms with E-state index < -0.39 is 0 Å². The van der Waals surface area contributed by atoms with Crippen LogP contribution in [0.3, 0.4) is 0 Å². The monoisotopic (exact) mass is 200 g/mol. The van der Waals surface area contributed by atoms with Crippen LogP contribution in [0.2, 0.25) is 0 Å². The van der Waals surface area contributed by atoms with Crippen molar-refractivity contribution in [3.05, 3.63) is 0 Å². The summed E-state index contributed by atoms with van der Waals surface area (Å²) in [6.45, 7) is 2.91. The van der Waals surface area contributed by atoms with Gasteiger partial charge in [-0.25, -0.2) is 0 Å². The number of thioether (sulfide) groups is 1. The Labute approximate surface area is 83.2 Å². The molecule has 0 saturated carbocycles. The zero-order valence-corrected chi connectivity index (χ0v) is 8.61. The van der Waals surface area contributed by atoms with Gasteiger partial charge in [-0.1, -0.05) is 0 Å². The van der Waals surface area contributed by atoms with Crippen molar-refractivity contribution in [2.24, 2.45) is 0 Å². The molecule has 2 heterocycles. The van der Waals surface area contributed by atoms with E-state index in [1.807, 2.05) is 16.7 Å². The van der Waals surface area contributed by atoms with Gasteiger partial charge < -0.3 is 10.2 Å². The first-order valence-corrected chi connectivity index (χ1v) is 6.13. The largest absolute Gasteiger partial charge is 0.340 e. The second-order valence-electron chi connectivity index (χ2n) is 3.59. The third-order valence-corrected chi connectivity index (χ3v) is 3.62. The van der Waals surface area contributed by atoms with Gasteiger partial charge in [0.05, 0.1) is 6.04 Å². The summed E-state index contributed by atoms with van der Waals surface area (Å²) in [5.41, 5.74) is 0. The lowest BCUT2D eigenvalue weighted by Gasteiger charge is -2.28. The Kier molecular flexibility index (Phi) is 3.11. The number of nitrogens with one attached hydrogen (secondary N) is 1. The van der Waals surface area contributed by atoms with Gasteiger partial charge in [-0.2, -0.15) is 11.8 Å². The van der Waals surface area contributed by atoms with E-state index in [1.165, 1.54) is 0 Å². The summed E-state index contributed by atoms with van der Waals surface area (Å²) in [6, 6.07) is 0.128. The average Bonchev–Trinajstić information content (AvgIpc) is 2.71. The van der Waals surface area contributed by atoms with Crippen LogP contribution in [0.1, 0.15) is 12.8 Å². The second kappa shape index (κ2) is 4.33. The maximum Gasteiger partial charge on any atom is 0.239 e. The lowest BCUT2D eigenvalue weighted by Crippen LogP contribution is -2.46. The van der Waals surface area contributed by atoms with Crippen molar-refractivity contribution in [1.82, 2.24) is 10.2 Å². The van der Waals surface area contributed by atoms with Gasteiger partial charge in [-0.3, -0.25) is 4.79 Å². The number of hydrogen-bond donors (Lipinski definition) is 1. The summed E-state index contributed by atoms with van der Waals surface area (Å²) in [5.74, 6) is 2.55. The van der Waals surface area contributed by atoms with Crippen LogP contribution in [0.4, 0.5) is 0 Å². The summed E-state index contributed by atoms with van der Waals surface area (Å²) in [7, 11) is 0. The molecule has 13 heavy (non-hydrogen) atoms. The first-order chi connectivity index (χ1) is 6.38. The molecule has 3 nitrogen and oxygen atoms in total. The Hall–Kier alpha value is -0.220. The van der Waals surface area contributed by atoms with E-state index in [9.17, 15) is 4.79 Å². The van der Waals surface area contributed by atoms with Crippen molar-refractivity contribution in [2.45, 2.75) is 18.9 Å². The zero-order valence-electron chi connectivity index (χ0n) is 7.79. The van der Waals surface area contributed by atoms with Gasteiger partial charge >= 0.3 is 0 Å². The van der Waals surface area contributed by atoms with Gasteiger partial charge in [-0.05, 0) is 19.4 Å². The van der Waals surface area contributed by atoms with E-state index in [-0.39, 0.29) is 6.04 Å². The molecule has 0 radical (unpaired) electrons. The van der Waals surface area contributed by atoms with Crippen LogP contribution in [0.25, 0.3) is 0 Å². The molecule has 2 saturated heterocycles. The summed E-state index contributed by atoms with van der Waals surface area (Å²) in [6.07, 6.45) is 2.18. The Morgan fingerprint density at radius 2 is 2.15 bits per heavy atom. The Morgan fingerprint density at radius 1 is 1.38 bits per heavy atom. The highest BCUT2D eigenvalue weighted by molar-refractivity contribution is 7.99. The van der Waals surface area contributed by atoms with Crippen LogP contribution in [-0.4, -0.2) is 48.0 Å². The van der Waals surface area contributed by atoms with Gasteiger partial charge in [-0.15, -0.1) is 0 Å². The van der Waals surface area contributed by atoms with Crippen molar-refractivity contribution in [2.75, 3.05) is 31.1 Å². The molecule has 0 spiro atoms. The predicted molar refractivity (Wildman–Crippen MR) is 54.9 cm³/mol. The highest BCUT2D eigenvalue weighted by Gasteiger charge is 2.27. The molecule has 2 fully saturated rings. The number of carbonyl (C=O) groups is 1. The van der Waals surface area contributed by atoms with E-state index in [0.717, 1.165) is 44.0 Å². The van der Waals surface area contributed by atoms with Crippen molar-refractivity contribution in [3.8, 4) is 0 Å². The number of amides is 1. The van der Waals surface area contributed by atoms with Crippen LogP contribution in [0.5, 0.6) is 0 Å². The fraction of sp³-hybridized carbons (Fsp3) is 0.889. The van der Waals surface area contributed by atoms with Crippen LogP contribution in [-0.2, 0) is 4.79 Å². The summed E-state index contributed by atoms with van der Waals surface area (Å²) < 4.78 is 0. The Morgan fingerprint density at radius 3 is 2.77 bits per heavy atom. The number of nitrogens with zero attached hydrogens (tertiary/aromatic N) is 1. The minimum Gasteiger partial charge on any atom is -0.340 e. The van der Waals surface area contributed by atoms with E-state index >= 15 is 0 Å². The quantitative estimate of drug-likeness (QED) is 0.661. The van der Waals surface area contributed by atoms with Crippen molar-refractivity contribution < 1.29 is 4.79 Å². The average molecular weight is 200 g/mol. The third-order valence-electron chi connectivity index (χ3n) is 2.68. The molecule has 1 unspecified atom stereocenters. The molecule has 0 aromatic rings. The molecular weight excluding hydrogens is 184 g/mol. The second-order valence-corrected chi connectivity index (χ2v) is 4.81. The van der Waals surface area contributed by atoms with Crippen LogP contribution >= 0.6 is 11.8 Å². The van der Waals surface area contributed by atoms with Crippen molar-refractivity contribution >= 4 is 17.7 Å². The smallest absolute Gasteiger partial charge is 0.239 e. The number of carbonyl (C=O) groups excluding carboxylic acids is 1. The fourth-order valence-corrected chi connectivity index (χ4v) is 2.80. The summed E-state index contributed by atoms with van der Waals surface area (Å²) >= 11 is 1.94. The van der Waals surface area contributed by atoms with E-state index in [2.05, 4.69) is 5.32 Å². The van der Waals surface area contributed by atoms with Crippen molar-refractivity contribution in [3.63, 3.8) is 0 Å². The third kappa shape index (κ3) is 2.17. The fourth-order valence-electron chi connectivity index (χ4n) is 1.90. The Bertz CT molecular complexity index is 186. The molecular formula is C9H16N2OS. The highest BCUT2D eigenvalue weighted by atomic mass is 32.2. The van der Waals surface area contributed by atoms with Gasteiger partial charge in [0.1, 0.15) is 0 Å². The number of rotatable bonds is 1. The Balaban J connectivity index is 1.87. The van der Waals surface area contributed by atoms with Crippen LogP contribution in [0.15, 0.2) is 0 Å². The summed E-state index contributed by atoms with van der Waals surface area (Å²) in [4.78, 5) is 13.9. The number of hydrogen-bond acceptors (Lipinski definition) is 3. The SMILES string of the molecule is O=C(C1CCCN1)N1CCSCC1. The molecule has 2 aliphatic heterocycles. The molecule has 0 aliphatic carbocycles. The lowest BCUT2D eigenvalue weighted by atomic mass is 10.2. The van der Waals surface area contributed by atoms with Crippen LogP contribution < -0.4 is 5.32 Å². The molecule has 0 aromatic carbocycles. The standard InChI is InChI=1S/C9H16N2OS/c12-9(8-2-1-3-10-8)11-4-6-13-7-5-11/h8,10H,1-7H2. The predicted octanol–water partition coefficient (Wildman–Crippen LogP) is 0.314. The minimum absolute atomic E-state index is 0.128. The highest BCUT2D eigenvalue weighted by Crippen LogP contribution is 2.13. The first-order valence-electron chi connectivity index (χ1n) is 4.98. The molecule has 2 aliphatic rings. The zero-order chi connectivity index (χ0) is 9.10. The molecule has 0 aromatic heterocycles. The van der Waals surface area contributed by atoms with Crippen LogP contribution in [0, 0.1) is 0 Å². The molecule has 4 heteroatoms.